The molecule has 0 atom stereocenters. The van der Waals surface area contributed by atoms with E-state index in [0.29, 0.717) is 16.8 Å². The van der Waals surface area contributed by atoms with Crippen molar-refractivity contribution in [2.75, 3.05) is 16.9 Å². The average molecular weight is 440 g/mol. The molecule has 7 heteroatoms. The summed E-state index contributed by atoms with van der Waals surface area (Å²) in [6, 6.07) is 10.5. The molecule has 4 aliphatic rings. The Morgan fingerprint density at radius 2 is 1.61 bits per heavy atom. The molecule has 31 heavy (non-hydrogen) atoms. The van der Waals surface area contributed by atoms with Crippen molar-refractivity contribution < 1.29 is 13.2 Å². The lowest BCUT2D eigenvalue weighted by atomic mass is 9.53. The van der Waals surface area contributed by atoms with Gasteiger partial charge in [-0.3, -0.25) is 4.79 Å². The third kappa shape index (κ3) is 4.61. The lowest BCUT2D eigenvalue weighted by molar-refractivity contribution is 0.0105. The van der Waals surface area contributed by atoms with Gasteiger partial charge in [0, 0.05) is 17.4 Å². The summed E-state index contributed by atoms with van der Waals surface area (Å²) in [5, 5.41) is 6.62. The van der Waals surface area contributed by atoms with Gasteiger partial charge in [-0.2, -0.15) is 0 Å². The van der Waals surface area contributed by atoms with Crippen LogP contribution in [-0.2, 0) is 15.6 Å². The Morgan fingerprint density at radius 3 is 2.13 bits per heavy atom. The summed E-state index contributed by atoms with van der Waals surface area (Å²) in [4.78, 5) is 17.1. The van der Waals surface area contributed by atoms with Crippen LogP contribution in [0.5, 0.6) is 0 Å². The molecule has 2 aromatic rings. The monoisotopic (exact) mass is 439 g/mol. The smallest absolute Gasteiger partial charge is 0.255 e. The molecule has 164 valence electrons. The van der Waals surface area contributed by atoms with Gasteiger partial charge in [-0.25, -0.2) is 13.4 Å². The van der Waals surface area contributed by atoms with Crippen molar-refractivity contribution in [3.8, 4) is 0 Å². The fraction of sp³-hybridized carbons (Fsp3) is 0.500. The lowest BCUT2D eigenvalue weighted by Crippen LogP contribution is -2.54. The topological polar surface area (TPSA) is 88.2 Å². The second-order valence-electron chi connectivity index (χ2n) is 9.98. The minimum absolute atomic E-state index is 0.0307. The standard InChI is InChI=1S/C24H29N3O3S/c1-31(29,30)15-16-2-4-20(5-3-16)23(28)26-21-6-7-22(25-14-21)27-24-11-17-8-18(12-24)10-19(9-17)13-24/h2-7,14,17-19H,8-13,15H2,1H3,(H,25,27)(H,26,28). The van der Waals surface area contributed by atoms with Gasteiger partial charge in [0.15, 0.2) is 9.84 Å². The highest BCUT2D eigenvalue weighted by atomic mass is 32.2. The number of amides is 1. The fourth-order valence-corrected chi connectivity index (χ4v) is 7.13. The lowest BCUT2D eigenvalue weighted by Gasteiger charge is -2.57. The Morgan fingerprint density at radius 1 is 1.00 bits per heavy atom. The van der Waals surface area contributed by atoms with Gasteiger partial charge in [-0.05, 0) is 86.1 Å². The Kier molecular flexibility index (Phi) is 5.04. The van der Waals surface area contributed by atoms with E-state index < -0.39 is 9.84 Å². The Balaban J connectivity index is 1.21. The molecule has 4 saturated carbocycles. The Hall–Kier alpha value is -2.41. The van der Waals surface area contributed by atoms with Gasteiger partial charge in [0.25, 0.3) is 5.91 Å². The van der Waals surface area contributed by atoms with Crippen LogP contribution >= 0.6 is 0 Å². The molecular weight excluding hydrogens is 410 g/mol. The number of carbonyl (C=O) groups is 1. The Labute approximate surface area is 183 Å². The number of nitrogens with one attached hydrogen (secondary N) is 2. The van der Waals surface area contributed by atoms with Crippen molar-refractivity contribution in [1.82, 2.24) is 4.98 Å². The van der Waals surface area contributed by atoms with Gasteiger partial charge in [0.1, 0.15) is 5.82 Å². The maximum Gasteiger partial charge on any atom is 0.255 e. The summed E-state index contributed by atoms with van der Waals surface area (Å²) in [6.07, 6.45) is 10.9. The zero-order valence-corrected chi connectivity index (χ0v) is 18.6. The molecule has 0 unspecified atom stereocenters. The van der Waals surface area contributed by atoms with Crippen LogP contribution in [0, 0.1) is 17.8 Å². The molecule has 6 nitrogen and oxygen atoms in total. The van der Waals surface area contributed by atoms with E-state index in [2.05, 4.69) is 15.6 Å². The number of carbonyl (C=O) groups excluding carboxylic acids is 1. The fourth-order valence-electron chi connectivity index (χ4n) is 6.34. The molecule has 1 aromatic heterocycles. The third-order valence-corrected chi connectivity index (χ3v) is 7.96. The molecule has 0 radical (unpaired) electrons. The maximum absolute atomic E-state index is 12.5. The first-order valence-corrected chi connectivity index (χ1v) is 13.1. The van der Waals surface area contributed by atoms with Crippen LogP contribution in [-0.4, -0.2) is 31.1 Å². The van der Waals surface area contributed by atoms with Crippen molar-refractivity contribution in [3.63, 3.8) is 0 Å². The maximum atomic E-state index is 12.5. The van der Waals surface area contributed by atoms with E-state index in [1.54, 1.807) is 30.5 Å². The SMILES string of the molecule is CS(=O)(=O)Cc1ccc(C(=O)Nc2ccc(NC34CC5CC(CC(C5)C3)C4)nc2)cc1. The molecule has 1 aromatic carbocycles. The van der Waals surface area contributed by atoms with Crippen molar-refractivity contribution in [2.45, 2.75) is 49.8 Å². The van der Waals surface area contributed by atoms with Crippen molar-refractivity contribution in [2.24, 2.45) is 17.8 Å². The number of hydrogen-bond acceptors (Lipinski definition) is 5. The molecule has 1 amide bonds. The van der Waals surface area contributed by atoms with E-state index in [0.717, 1.165) is 23.6 Å². The summed E-state index contributed by atoms with van der Waals surface area (Å²) in [5.74, 6) is 3.24. The Bertz CT molecular complexity index is 1040. The van der Waals surface area contributed by atoms with E-state index in [1.165, 1.54) is 44.8 Å². The number of aromatic nitrogens is 1. The first kappa shape index (κ1) is 20.5. The number of benzene rings is 1. The first-order valence-electron chi connectivity index (χ1n) is 11.1. The molecule has 0 aliphatic heterocycles. The molecule has 0 saturated heterocycles. The highest BCUT2D eigenvalue weighted by Crippen LogP contribution is 2.56. The number of nitrogens with zero attached hydrogens (tertiary/aromatic N) is 1. The van der Waals surface area contributed by atoms with Crippen molar-refractivity contribution in [3.05, 3.63) is 53.7 Å². The summed E-state index contributed by atoms with van der Waals surface area (Å²) in [5.41, 5.74) is 2.00. The quantitative estimate of drug-likeness (QED) is 0.702. The van der Waals surface area contributed by atoms with Crippen LogP contribution in [0.1, 0.15) is 54.4 Å². The summed E-state index contributed by atoms with van der Waals surface area (Å²) in [7, 11) is -3.10. The average Bonchev–Trinajstić information content (AvgIpc) is 2.67. The van der Waals surface area contributed by atoms with Gasteiger partial charge in [-0.1, -0.05) is 12.1 Å². The van der Waals surface area contributed by atoms with Gasteiger partial charge >= 0.3 is 0 Å². The second-order valence-corrected chi connectivity index (χ2v) is 12.1. The largest absolute Gasteiger partial charge is 0.365 e. The second kappa shape index (κ2) is 7.62. The van der Waals surface area contributed by atoms with Crippen molar-refractivity contribution >= 4 is 27.2 Å². The molecule has 4 aliphatic carbocycles. The van der Waals surface area contributed by atoms with Crippen molar-refractivity contribution in [1.29, 1.82) is 0 Å². The van der Waals surface area contributed by atoms with Gasteiger partial charge in [-0.15, -0.1) is 0 Å². The normalized spacial score (nSPS) is 29.0. The van der Waals surface area contributed by atoms with Gasteiger partial charge < -0.3 is 10.6 Å². The van der Waals surface area contributed by atoms with E-state index >= 15 is 0 Å². The molecule has 1 heterocycles. The van der Waals surface area contributed by atoms with Crippen LogP contribution in [0.25, 0.3) is 0 Å². The molecule has 4 bridgehead atoms. The van der Waals surface area contributed by atoms with E-state index in [1.807, 2.05) is 12.1 Å². The van der Waals surface area contributed by atoms with Gasteiger partial charge in [0.2, 0.25) is 0 Å². The first-order chi connectivity index (χ1) is 14.8. The van der Waals surface area contributed by atoms with Crippen LogP contribution in [0.2, 0.25) is 0 Å². The predicted molar refractivity (Wildman–Crippen MR) is 122 cm³/mol. The van der Waals surface area contributed by atoms with Gasteiger partial charge in [0.05, 0.1) is 17.6 Å². The summed E-state index contributed by atoms with van der Waals surface area (Å²) >= 11 is 0. The highest BCUT2D eigenvalue weighted by molar-refractivity contribution is 7.89. The molecule has 4 fully saturated rings. The van der Waals surface area contributed by atoms with E-state index in [4.69, 9.17) is 0 Å². The zero-order chi connectivity index (χ0) is 21.6. The zero-order valence-electron chi connectivity index (χ0n) is 17.8. The minimum atomic E-state index is -3.10. The molecule has 0 spiro atoms. The number of pyridine rings is 1. The predicted octanol–water partition coefficient (Wildman–Crippen LogP) is 4.26. The molecule has 2 N–H and O–H groups in total. The minimum Gasteiger partial charge on any atom is -0.365 e. The molecular formula is C24H29N3O3S. The highest BCUT2D eigenvalue weighted by Gasteiger charge is 2.51. The number of rotatable bonds is 6. The third-order valence-electron chi connectivity index (χ3n) is 7.10. The number of hydrogen-bond donors (Lipinski definition) is 2. The number of sulfone groups is 1. The molecule has 6 rings (SSSR count). The van der Waals surface area contributed by atoms with E-state index in [-0.39, 0.29) is 17.2 Å². The number of anilines is 2. The van der Waals surface area contributed by atoms with E-state index in [9.17, 15) is 13.2 Å². The summed E-state index contributed by atoms with van der Waals surface area (Å²) < 4.78 is 22.8. The van der Waals surface area contributed by atoms with Crippen LogP contribution in [0.15, 0.2) is 42.6 Å². The summed E-state index contributed by atoms with van der Waals surface area (Å²) in [6.45, 7) is 0. The van der Waals surface area contributed by atoms with Crippen LogP contribution < -0.4 is 10.6 Å². The van der Waals surface area contributed by atoms with Crippen LogP contribution in [0.3, 0.4) is 0 Å². The van der Waals surface area contributed by atoms with Crippen LogP contribution in [0.4, 0.5) is 11.5 Å².